The van der Waals surface area contributed by atoms with Crippen LogP contribution in [-0.2, 0) is 4.79 Å². The third-order valence-electron chi connectivity index (χ3n) is 2.41. The highest BCUT2D eigenvalue weighted by atomic mass is 16.5. The van der Waals surface area contributed by atoms with Crippen molar-refractivity contribution in [1.82, 2.24) is 0 Å². The Bertz CT molecular complexity index is 442. The first kappa shape index (κ1) is 13.0. The Kier molecular flexibility index (Phi) is 4.09. The third kappa shape index (κ3) is 3.21. The third-order valence-corrected chi connectivity index (χ3v) is 2.41. The van der Waals surface area contributed by atoms with Gasteiger partial charge in [0.15, 0.2) is 0 Å². The molecule has 1 unspecified atom stereocenters. The maximum absolute atomic E-state index is 11.0. The Balaban J connectivity index is 2.90. The molecule has 0 saturated carbocycles. The zero-order valence-electron chi connectivity index (χ0n) is 9.77. The van der Waals surface area contributed by atoms with Crippen LogP contribution in [0, 0.1) is 12.8 Å². The van der Waals surface area contributed by atoms with Gasteiger partial charge in [0.25, 0.3) is 0 Å². The number of benzene rings is 1. The van der Waals surface area contributed by atoms with Gasteiger partial charge >= 0.3 is 5.97 Å². The summed E-state index contributed by atoms with van der Waals surface area (Å²) in [5.74, 6) is -1.71. The van der Waals surface area contributed by atoms with Gasteiger partial charge in [-0.1, -0.05) is 19.1 Å². The van der Waals surface area contributed by atoms with Crippen LogP contribution < -0.4 is 10.5 Å². The molecule has 1 aromatic rings. The molecular weight excluding hydrogens is 222 g/mol. The molecule has 5 heteroatoms. The van der Waals surface area contributed by atoms with Crippen LogP contribution in [0.2, 0.25) is 0 Å². The van der Waals surface area contributed by atoms with E-state index in [2.05, 4.69) is 0 Å². The second-order valence-corrected chi connectivity index (χ2v) is 3.87. The molecule has 3 N–H and O–H groups in total. The van der Waals surface area contributed by atoms with E-state index in [0.717, 1.165) is 0 Å². The van der Waals surface area contributed by atoms with E-state index in [4.69, 9.17) is 15.6 Å². The van der Waals surface area contributed by atoms with Crippen molar-refractivity contribution < 1.29 is 19.4 Å². The number of aryl methyl sites for hydroxylation is 1. The molecule has 1 amide bonds. The van der Waals surface area contributed by atoms with Crippen molar-refractivity contribution in [2.45, 2.75) is 13.8 Å². The number of carboxylic acid groups (broad SMARTS) is 1. The molecule has 0 aliphatic heterocycles. The number of nitrogens with two attached hydrogens (primary N) is 1. The van der Waals surface area contributed by atoms with Crippen LogP contribution in [0.5, 0.6) is 5.75 Å². The van der Waals surface area contributed by atoms with Gasteiger partial charge in [-0.25, -0.2) is 4.79 Å². The lowest BCUT2D eigenvalue weighted by Gasteiger charge is -2.14. The summed E-state index contributed by atoms with van der Waals surface area (Å²) in [4.78, 5) is 21.8. The van der Waals surface area contributed by atoms with E-state index in [9.17, 15) is 9.59 Å². The summed E-state index contributed by atoms with van der Waals surface area (Å²) in [6.45, 7) is 3.44. The summed E-state index contributed by atoms with van der Waals surface area (Å²) in [7, 11) is 0. The first-order valence-corrected chi connectivity index (χ1v) is 5.18. The zero-order chi connectivity index (χ0) is 13.0. The topological polar surface area (TPSA) is 89.6 Å². The minimum Gasteiger partial charge on any atom is -0.492 e. The molecule has 5 nitrogen and oxygen atoms in total. The van der Waals surface area contributed by atoms with Crippen molar-refractivity contribution in [2.75, 3.05) is 6.61 Å². The van der Waals surface area contributed by atoms with Crippen LogP contribution in [0.3, 0.4) is 0 Å². The van der Waals surface area contributed by atoms with Gasteiger partial charge in [-0.05, 0) is 18.6 Å². The summed E-state index contributed by atoms with van der Waals surface area (Å²) < 4.78 is 5.37. The second kappa shape index (κ2) is 5.34. The molecule has 0 bridgehead atoms. The number of primary amides is 1. The number of carbonyl (C=O) groups excluding carboxylic acids is 1. The highest BCUT2D eigenvalue weighted by Gasteiger charge is 2.16. The smallest absolute Gasteiger partial charge is 0.339 e. The number of para-hydroxylation sites is 1. The monoisotopic (exact) mass is 237 g/mol. The molecule has 0 saturated heterocycles. The van der Waals surface area contributed by atoms with E-state index in [1.807, 2.05) is 0 Å². The van der Waals surface area contributed by atoms with Crippen molar-refractivity contribution in [2.24, 2.45) is 11.7 Å². The van der Waals surface area contributed by atoms with Crippen molar-refractivity contribution >= 4 is 11.9 Å². The van der Waals surface area contributed by atoms with Crippen molar-refractivity contribution in [3.63, 3.8) is 0 Å². The Morgan fingerprint density at radius 2 is 2.12 bits per heavy atom. The Morgan fingerprint density at radius 1 is 1.47 bits per heavy atom. The Morgan fingerprint density at radius 3 is 2.65 bits per heavy atom. The second-order valence-electron chi connectivity index (χ2n) is 3.87. The van der Waals surface area contributed by atoms with Gasteiger partial charge in [0, 0.05) is 0 Å². The SMILES string of the molecule is Cc1cccc(C(=O)O)c1OCC(C)C(N)=O. The highest BCUT2D eigenvalue weighted by molar-refractivity contribution is 5.91. The van der Waals surface area contributed by atoms with E-state index >= 15 is 0 Å². The lowest BCUT2D eigenvalue weighted by Crippen LogP contribution is -2.26. The molecule has 1 atom stereocenters. The number of carbonyl (C=O) groups is 2. The maximum atomic E-state index is 11.0. The number of ether oxygens (including phenoxy) is 1. The predicted molar refractivity (Wildman–Crippen MR) is 62.0 cm³/mol. The fourth-order valence-corrected chi connectivity index (χ4v) is 1.30. The van der Waals surface area contributed by atoms with E-state index in [1.54, 1.807) is 26.0 Å². The van der Waals surface area contributed by atoms with Gasteiger partial charge in [0.1, 0.15) is 11.3 Å². The predicted octanol–water partition coefficient (Wildman–Crippen LogP) is 1.19. The van der Waals surface area contributed by atoms with Gasteiger partial charge in [0.2, 0.25) is 5.91 Å². The molecule has 1 aromatic carbocycles. The molecule has 0 aromatic heterocycles. The summed E-state index contributed by atoms with van der Waals surface area (Å²) >= 11 is 0. The van der Waals surface area contributed by atoms with Gasteiger partial charge in [-0.2, -0.15) is 0 Å². The van der Waals surface area contributed by atoms with Crippen molar-refractivity contribution in [1.29, 1.82) is 0 Å². The maximum Gasteiger partial charge on any atom is 0.339 e. The molecule has 0 radical (unpaired) electrons. The molecule has 0 aliphatic carbocycles. The van der Waals surface area contributed by atoms with Crippen molar-refractivity contribution in [3.05, 3.63) is 29.3 Å². The quantitative estimate of drug-likeness (QED) is 0.805. The number of hydrogen-bond acceptors (Lipinski definition) is 3. The number of carboxylic acids is 1. The average molecular weight is 237 g/mol. The number of amides is 1. The first-order chi connectivity index (χ1) is 7.93. The minimum atomic E-state index is -1.06. The molecule has 0 fully saturated rings. The van der Waals surface area contributed by atoms with Gasteiger partial charge in [-0.15, -0.1) is 0 Å². The zero-order valence-corrected chi connectivity index (χ0v) is 9.77. The first-order valence-electron chi connectivity index (χ1n) is 5.18. The number of rotatable bonds is 5. The average Bonchev–Trinajstić information content (AvgIpc) is 2.26. The molecule has 17 heavy (non-hydrogen) atoms. The standard InChI is InChI=1S/C12H15NO4/c1-7-4-3-5-9(12(15)16)10(7)17-6-8(2)11(13)14/h3-5,8H,6H2,1-2H3,(H2,13,14)(H,15,16). The number of hydrogen-bond donors (Lipinski definition) is 2. The molecule has 1 rings (SSSR count). The van der Waals surface area contributed by atoms with Crippen molar-refractivity contribution in [3.8, 4) is 5.75 Å². The van der Waals surface area contributed by atoms with Crippen LogP contribution >= 0.6 is 0 Å². The lowest BCUT2D eigenvalue weighted by atomic mass is 10.1. The fraction of sp³-hybridized carbons (Fsp3) is 0.333. The lowest BCUT2D eigenvalue weighted by molar-refractivity contribution is -0.122. The van der Waals surface area contributed by atoms with E-state index in [-0.39, 0.29) is 17.9 Å². The normalized spacial score (nSPS) is 11.9. The Labute approximate surface area is 99.2 Å². The van der Waals surface area contributed by atoms with Crippen LogP contribution in [0.1, 0.15) is 22.8 Å². The van der Waals surface area contributed by atoms with Crippen LogP contribution in [0.4, 0.5) is 0 Å². The highest BCUT2D eigenvalue weighted by Crippen LogP contribution is 2.23. The summed E-state index contributed by atoms with van der Waals surface area (Å²) in [5, 5.41) is 8.99. The van der Waals surface area contributed by atoms with Crippen LogP contribution in [-0.4, -0.2) is 23.6 Å². The fourth-order valence-electron chi connectivity index (χ4n) is 1.30. The summed E-state index contributed by atoms with van der Waals surface area (Å²) in [6, 6.07) is 4.85. The minimum absolute atomic E-state index is 0.0699. The van der Waals surface area contributed by atoms with Gasteiger partial charge in [0.05, 0.1) is 12.5 Å². The summed E-state index contributed by atoms with van der Waals surface area (Å²) in [6.07, 6.45) is 0. The largest absolute Gasteiger partial charge is 0.492 e. The molecular formula is C12H15NO4. The van der Waals surface area contributed by atoms with E-state index in [1.165, 1.54) is 6.07 Å². The number of aromatic carboxylic acids is 1. The van der Waals surface area contributed by atoms with Crippen LogP contribution in [0.15, 0.2) is 18.2 Å². The molecule has 0 spiro atoms. The molecule has 92 valence electrons. The summed E-state index contributed by atoms with van der Waals surface area (Å²) in [5.41, 5.74) is 5.90. The molecule has 0 heterocycles. The van der Waals surface area contributed by atoms with Crippen LogP contribution in [0.25, 0.3) is 0 Å². The van der Waals surface area contributed by atoms with E-state index in [0.29, 0.717) is 5.56 Å². The van der Waals surface area contributed by atoms with E-state index < -0.39 is 17.8 Å². The van der Waals surface area contributed by atoms with Gasteiger partial charge < -0.3 is 15.6 Å². The molecule has 0 aliphatic rings. The Hall–Kier alpha value is -2.04. The van der Waals surface area contributed by atoms with Gasteiger partial charge in [-0.3, -0.25) is 4.79 Å².